The molecule has 0 atom stereocenters. The van der Waals surface area contributed by atoms with Crippen molar-refractivity contribution < 1.29 is 14.7 Å². The molecule has 0 unspecified atom stereocenters. The first-order valence-corrected chi connectivity index (χ1v) is 8.40. The predicted octanol–water partition coefficient (Wildman–Crippen LogP) is 4.55. The van der Waals surface area contributed by atoms with E-state index in [-0.39, 0.29) is 16.9 Å². The third-order valence-corrected chi connectivity index (χ3v) is 4.69. The summed E-state index contributed by atoms with van der Waals surface area (Å²) in [5.41, 5.74) is 2.48. The Balaban J connectivity index is 2.00. The molecule has 0 spiro atoms. The molecule has 1 aliphatic rings. The number of ketones is 2. The molecule has 0 aliphatic heterocycles. The highest BCUT2D eigenvalue weighted by Crippen LogP contribution is 2.39. The Labute approximate surface area is 151 Å². The number of Topliss-reactive ketones (excluding diaryl/α,β-unsaturated/α-hetero) is 2. The van der Waals surface area contributed by atoms with Gasteiger partial charge in [-0.15, -0.1) is 0 Å². The van der Waals surface area contributed by atoms with E-state index in [0.717, 1.165) is 11.1 Å². The fourth-order valence-electron chi connectivity index (χ4n) is 3.47. The molecule has 4 rings (SSSR count). The van der Waals surface area contributed by atoms with Crippen LogP contribution in [0, 0.1) is 0 Å². The number of hydrogen-bond acceptors (Lipinski definition) is 3. The zero-order chi connectivity index (χ0) is 18.1. The van der Waals surface area contributed by atoms with Crippen LogP contribution < -0.4 is 0 Å². The second kappa shape index (κ2) is 6.45. The summed E-state index contributed by atoms with van der Waals surface area (Å²) in [6, 6.07) is 25.6. The van der Waals surface area contributed by atoms with Gasteiger partial charge in [-0.3, -0.25) is 9.59 Å². The third-order valence-electron chi connectivity index (χ3n) is 4.69. The summed E-state index contributed by atoms with van der Waals surface area (Å²) in [6.45, 7) is 0. The van der Waals surface area contributed by atoms with Crippen LogP contribution in [0.15, 0.2) is 90.5 Å². The van der Waals surface area contributed by atoms with Crippen LogP contribution in [-0.2, 0) is 4.79 Å². The molecule has 0 radical (unpaired) electrons. The molecule has 3 nitrogen and oxygen atoms in total. The molecular weight excluding hydrogens is 324 g/mol. The van der Waals surface area contributed by atoms with Gasteiger partial charge in [-0.25, -0.2) is 0 Å². The summed E-state index contributed by atoms with van der Waals surface area (Å²) in [4.78, 5) is 25.6. The van der Waals surface area contributed by atoms with Crippen molar-refractivity contribution in [3.8, 4) is 0 Å². The summed E-state index contributed by atoms with van der Waals surface area (Å²) in [5, 5.41) is 10.9. The van der Waals surface area contributed by atoms with E-state index in [9.17, 15) is 14.7 Å². The van der Waals surface area contributed by atoms with Crippen molar-refractivity contribution in [3.05, 3.63) is 113 Å². The average Bonchev–Trinajstić information content (AvgIpc) is 2.71. The molecule has 0 saturated heterocycles. The lowest BCUT2D eigenvalue weighted by Gasteiger charge is -2.25. The number of aliphatic hydroxyl groups excluding tert-OH is 1. The Morgan fingerprint density at radius 1 is 0.577 bits per heavy atom. The topological polar surface area (TPSA) is 54.4 Å². The quantitative estimate of drug-likeness (QED) is 0.712. The minimum atomic E-state index is -0.654. The van der Waals surface area contributed by atoms with E-state index in [2.05, 4.69) is 0 Å². The molecule has 1 N–H and O–H groups in total. The van der Waals surface area contributed by atoms with E-state index in [1.807, 2.05) is 60.7 Å². The van der Waals surface area contributed by atoms with Crippen LogP contribution in [0.4, 0.5) is 0 Å². The lowest BCUT2D eigenvalue weighted by Crippen LogP contribution is -2.27. The first-order valence-electron chi connectivity index (χ1n) is 8.40. The van der Waals surface area contributed by atoms with Gasteiger partial charge in [0.2, 0.25) is 11.6 Å². The Kier molecular flexibility index (Phi) is 3.98. The van der Waals surface area contributed by atoms with Crippen molar-refractivity contribution in [2.75, 3.05) is 0 Å². The largest absolute Gasteiger partial charge is 0.507 e. The predicted molar refractivity (Wildman–Crippen MR) is 100 cm³/mol. The molecule has 126 valence electrons. The molecule has 3 heteroatoms. The SMILES string of the molecule is O=C1C(=O)c2ccccc2C(O)=C1C(c1ccccc1)c1ccccc1. The first-order chi connectivity index (χ1) is 12.7. The molecule has 3 aromatic carbocycles. The number of aliphatic hydroxyl groups is 1. The van der Waals surface area contributed by atoms with Crippen molar-refractivity contribution in [2.45, 2.75) is 5.92 Å². The summed E-state index contributed by atoms with van der Waals surface area (Å²) < 4.78 is 0. The van der Waals surface area contributed by atoms with Crippen LogP contribution in [0.5, 0.6) is 0 Å². The van der Waals surface area contributed by atoms with Gasteiger partial charge in [0.25, 0.3) is 0 Å². The molecule has 3 aromatic rings. The highest BCUT2D eigenvalue weighted by atomic mass is 16.3. The van der Waals surface area contributed by atoms with Gasteiger partial charge in [0.05, 0.1) is 5.57 Å². The summed E-state index contributed by atoms with van der Waals surface area (Å²) in [5.74, 6) is -1.87. The minimum Gasteiger partial charge on any atom is -0.507 e. The normalized spacial score (nSPS) is 13.9. The lowest BCUT2D eigenvalue weighted by atomic mass is 9.76. The second-order valence-corrected chi connectivity index (χ2v) is 6.22. The van der Waals surface area contributed by atoms with E-state index in [1.54, 1.807) is 24.3 Å². The number of carbonyl (C=O) groups excluding carboxylic acids is 2. The fourth-order valence-corrected chi connectivity index (χ4v) is 3.47. The van der Waals surface area contributed by atoms with Gasteiger partial charge in [0, 0.05) is 17.0 Å². The number of allylic oxidation sites excluding steroid dienone is 1. The lowest BCUT2D eigenvalue weighted by molar-refractivity contribution is -0.112. The molecular formula is C23H16O3. The smallest absolute Gasteiger partial charge is 0.234 e. The van der Waals surface area contributed by atoms with E-state index in [0.29, 0.717) is 5.56 Å². The van der Waals surface area contributed by atoms with Crippen molar-refractivity contribution in [3.63, 3.8) is 0 Å². The maximum absolute atomic E-state index is 12.9. The Bertz CT molecular complexity index is 978. The Morgan fingerprint density at radius 3 is 1.58 bits per heavy atom. The highest BCUT2D eigenvalue weighted by molar-refractivity contribution is 6.52. The summed E-state index contributed by atoms with van der Waals surface area (Å²) >= 11 is 0. The zero-order valence-electron chi connectivity index (χ0n) is 13.9. The highest BCUT2D eigenvalue weighted by Gasteiger charge is 2.37. The van der Waals surface area contributed by atoms with E-state index in [4.69, 9.17) is 0 Å². The number of benzene rings is 3. The van der Waals surface area contributed by atoms with Crippen LogP contribution in [-0.4, -0.2) is 16.7 Å². The van der Waals surface area contributed by atoms with Gasteiger partial charge in [-0.1, -0.05) is 84.9 Å². The number of rotatable bonds is 3. The molecule has 0 aromatic heterocycles. The third kappa shape index (κ3) is 2.54. The summed E-state index contributed by atoms with van der Waals surface area (Å²) in [7, 11) is 0. The summed E-state index contributed by atoms with van der Waals surface area (Å²) in [6.07, 6.45) is 0. The van der Waals surface area contributed by atoms with Crippen molar-refractivity contribution in [2.24, 2.45) is 0 Å². The maximum atomic E-state index is 12.9. The van der Waals surface area contributed by atoms with Crippen LogP contribution in [0.3, 0.4) is 0 Å². The molecule has 0 amide bonds. The van der Waals surface area contributed by atoms with E-state index >= 15 is 0 Å². The van der Waals surface area contributed by atoms with Crippen molar-refractivity contribution in [1.29, 1.82) is 0 Å². The van der Waals surface area contributed by atoms with E-state index in [1.165, 1.54) is 0 Å². The maximum Gasteiger partial charge on any atom is 0.234 e. The van der Waals surface area contributed by atoms with Gasteiger partial charge in [0.1, 0.15) is 5.76 Å². The van der Waals surface area contributed by atoms with Crippen LogP contribution in [0.1, 0.15) is 33.0 Å². The second-order valence-electron chi connectivity index (χ2n) is 6.22. The van der Waals surface area contributed by atoms with Gasteiger partial charge in [-0.2, -0.15) is 0 Å². The van der Waals surface area contributed by atoms with Crippen molar-refractivity contribution in [1.82, 2.24) is 0 Å². The Hall–Kier alpha value is -3.46. The fraction of sp³-hybridized carbons (Fsp3) is 0.0435. The Morgan fingerprint density at radius 2 is 1.04 bits per heavy atom. The molecule has 0 fully saturated rings. The standard InChI is InChI=1S/C23H16O3/c24-21-17-13-7-8-14-18(17)22(25)23(26)20(21)19(15-9-3-1-4-10-15)16-11-5-2-6-12-16/h1-14,19,24H. The van der Waals surface area contributed by atoms with Crippen LogP contribution in [0.2, 0.25) is 0 Å². The first kappa shape index (κ1) is 16.0. The molecule has 1 aliphatic carbocycles. The zero-order valence-corrected chi connectivity index (χ0v) is 13.9. The minimum absolute atomic E-state index is 0.122. The van der Waals surface area contributed by atoms with Crippen LogP contribution in [0.25, 0.3) is 5.76 Å². The van der Waals surface area contributed by atoms with Crippen molar-refractivity contribution >= 4 is 17.3 Å². The van der Waals surface area contributed by atoms with Gasteiger partial charge in [0.15, 0.2) is 0 Å². The number of fused-ring (bicyclic) bond motifs is 1. The van der Waals surface area contributed by atoms with Gasteiger partial charge >= 0.3 is 0 Å². The number of carbonyl (C=O) groups is 2. The number of hydrogen-bond donors (Lipinski definition) is 1. The molecule has 0 heterocycles. The van der Waals surface area contributed by atoms with Gasteiger partial charge < -0.3 is 5.11 Å². The van der Waals surface area contributed by atoms with Crippen LogP contribution >= 0.6 is 0 Å². The molecule has 26 heavy (non-hydrogen) atoms. The monoisotopic (exact) mass is 340 g/mol. The molecule has 0 bridgehead atoms. The average molecular weight is 340 g/mol. The van der Waals surface area contributed by atoms with E-state index < -0.39 is 17.5 Å². The molecule has 0 saturated carbocycles. The van der Waals surface area contributed by atoms with Gasteiger partial charge in [-0.05, 0) is 11.1 Å².